The molecule has 1 rings (SSSR count). The highest BCUT2D eigenvalue weighted by atomic mass is 32.2. The second-order valence-electron chi connectivity index (χ2n) is 4.71. The van der Waals surface area contributed by atoms with Crippen LogP contribution in [0.2, 0.25) is 0 Å². The summed E-state index contributed by atoms with van der Waals surface area (Å²) in [5.74, 6) is -0.0248. The van der Waals surface area contributed by atoms with Gasteiger partial charge in [-0.25, -0.2) is 13.2 Å². The Balaban J connectivity index is 2.37. The molecule has 0 aromatic heterocycles. The highest BCUT2D eigenvalue weighted by Gasteiger charge is 2.13. The summed E-state index contributed by atoms with van der Waals surface area (Å²) < 4.78 is 22.6. The molecule has 118 valence electrons. The molecule has 0 heterocycles. The van der Waals surface area contributed by atoms with Gasteiger partial charge in [-0.15, -0.1) is 0 Å². The molecule has 1 atom stereocenters. The van der Waals surface area contributed by atoms with Gasteiger partial charge in [0.05, 0.1) is 18.4 Å². The van der Waals surface area contributed by atoms with E-state index in [2.05, 4.69) is 10.6 Å². The van der Waals surface area contributed by atoms with Gasteiger partial charge in [0.2, 0.25) is 0 Å². The minimum absolute atomic E-state index is 0.0591. The van der Waals surface area contributed by atoms with Gasteiger partial charge in [-0.1, -0.05) is 37.3 Å². The third kappa shape index (κ3) is 7.10. The van der Waals surface area contributed by atoms with Crippen LogP contribution in [0, 0.1) is 0 Å². The van der Waals surface area contributed by atoms with Crippen molar-refractivity contribution in [1.29, 1.82) is 0 Å². The van der Waals surface area contributed by atoms with Crippen LogP contribution in [0.15, 0.2) is 30.3 Å². The van der Waals surface area contributed by atoms with E-state index in [9.17, 15) is 18.3 Å². The van der Waals surface area contributed by atoms with Crippen LogP contribution >= 0.6 is 0 Å². The van der Waals surface area contributed by atoms with Crippen LogP contribution in [0.1, 0.15) is 12.5 Å². The number of rotatable bonds is 8. The molecule has 0 unspecified atom stereocenters. The van der Waals surface area contributed by atoms with E-state index in [1.54, 1.807) is 6.92 Å². The van der Waals surface area contributed by atoms with E-state index in [1.807, 2.05) is 30.3 Å². The molecule has 21 heavy (non-hydrogen) atoms. The predicted octanol–water partition coefficient (Wildman–Crippen LogP) is 0.324. The zero-order chi connectivity index (χ0) is 15.7. The summed E-state index contributed by atoms with van der Waals surface area (Å²) in [4.78, 5) is 11.6. The Morgan fingerprint density at radius 2 is 1.95 bits per heavy atom. The molecule has 2 amide bonds. The quantitative estimate of drug-likeness (QED) is 0.644. The number of aliphatic hydroxyl groups is 1. The number of aliphatic hydroxyl groups excluding tert-OH is 1. The van der Waals surface area contributed by atoms with Crippen molar-refractivity contribution in [2.75, 3.05) is 24.7 Å². The molecule has 1 aromatic rings. The maximum atomic E-state index is 11.6. The van der Waals surface area contributed by atoms with Crippen LogP contribution in [0.4, 0.5) is 4.79 Å². The number of amides is 2. The van der Waals surface area contributed by atoms with Crippen LogP contribution in [0.3, 0.4) is 0 Å². The molecule has 1 aromatic carbocycles. The minimum atomic E-state index is -3.09. The molecule has 0 aliphatic carbocycles. The Labute approximate surface area is 125 Å². The predicted molar refractivity (Wildman–Crippen MR) is 81.9 cm³/mol. The summed E-state index contributed by atoms with van der Waals surface area (Å²) in [5.41, 5.74) is 1.01. The van der Waals surface area contributed by atoms with Crippen LogP contribution in [-0.4, -0.2) is 50.3 Å². The molecule has 0 radical (unpaired) electrons. The number of sulfone groups is 1. The third-order valence-electron chi connectivity index (χ3n) is 3.02. The number of nitrogens with one attached hydrogen (secondary N) is 2. The third-order valence-corrected chi connectivity index (χ3v) is 4.72. The second kappa shape index (κ2) is 8.63. The molecule has 0 saturated heterocycles. The first-order valence-electron chi connectivity index (χ1n) is 6.86. The van der Waals surface area contributed by atoms with E-state index < -0.39 is 21.9 Å². The van der Waals surface area contributed by atoms with Gasteiger partial charge >= 0.3 is 6.03 Å². The van der Waals surface area contributed by atoms with E-state index >= 15 is 0 Å². The zero-order valence-electron chi connectivity index (χ0n) is 12.1. The van der Waals surface area contributed by atoms with Crippen molar-refractivity contribution in [2.24, 2.45) is 0 Å². The molecular weight excluding hydrogens is 292 g/mol. The first-order chi connectivity index (χ1) is 9.96. The van der Waals surface area contributed by atoms with Gasteiger partial charge in [0, 0.05) is 12.3 Å². The summed E-state index contributed by atoms with van der Waals surface area (Å²) >= 11 is 0. The summed E-state index contributed by atoms with van der Waals surface area (Å²) in [6.45, 7) is 1.44. The molecular formula is C14H22N2O4S. The van der Waals surface area contributed by atoms with Crippen molar-refractivity contribution in [3.05, 3.63) is 35.9 Å². The Bertz CT molecular complexity index is 531. The number of carbonyl (C=O) groups excluding carboxylic acids is 1. The number of carbonyl (C=O) groups is 1. The summed E-state index contributed by atoms with van der Waals surface area (Å²) in [6, 6.07) is 8.61. The van der Waals surface area contributed by atoms with Gasteiger partial charge in [-0.2, -0.15) is 0 Å². The smallest absolute Gasteiger partial charge is 0.315 e. The average Bonchev–Trinajstić information content (AvgIpc) is 2.47. The number of urea groups is 1. The fourth-order valence-corrected chi connectivity index (χ4v) is 2.46. The highest BCUT2D eigenvalue weighted by Crippen LogP contribution is 2.02. The number of hydrogen-bond donors (Lipinski definition) is 3. The van der Waals surface area contributed by atoms with Gasteiger partial charge in [-0.05, 0) is 12.0 Å². The van der Waals surface area contributed by atoms with E-state index in [1.165, 1.54) is 0 Å². The van der Waals surface area contributed by atoms with Crippen molar-refractivity contribution in [3.8, 4) is 0 Å². The molecule has 6 nitrogen and oxygen atoms in total. The van der Waals surface area contributed by atoms with E-state index in [-0.39, 0.29) is 24.7 Å². The first kappa shape index (κ1) is 17.5. The van der Waals surface area contributed by atoms with Crippen LogP contribution < -0.4 is 10.6 Å². The molecule has 3 N–H and O–H groups in total. The fourth-order valence-electron chi connectivity index (χ4n) is 1.76. The molecule has 0 spiro atoms. The lowest BCUT2D eigenvalue weighted by Crippen LogP contribution is -2.46. The molecule has 0 bridgehead atoms. The maximum absolute atomic E-state index is 11.6. The van der Waals surface area contributed by atoms with Crippen molar-refractivity contribution in [3.63, 3.8) is 0 Å². The van der Waals surface area contributed by atoms with Gasteiger partial charge in [0.15, 0.2) is 9.84 Å². The van der Waals surface area contributed by atoms with E-state index in [0.29, 0.717) is 6.42 Å². The molecule has 0 saturated carbocycles. The lowest BCUT2D eigenvalue weighted by Gasteiger charge is -2.17. The average molecular weight is 314 g/mol. The van der Waals surface area contributed by atoms with Gasteiger partial charge in [0.1, 0.15) is 0 Å². The Morgan fingerprint density at radius 3 is 2.52 bits per heavy atom. The largest absolute Gasteiger partial charge is 0.394 e. The minimum Gasteiger partial charge on any atom is -0.394 e. The maximum Gasteiger partial charge on any atom is 0.315 e. The normalized spacial score (nSPS) is 12.7. The van der Waals surface area contributed by atoms with Gasteiger partial charge in [0.25, 0.3) is 0 Å². The van der Waals surface area contributed by atoms with Crippen molar-refractivity contribution in [1.82, 2.24) is 10.6 Å². The topological polar surface area (TPSA) is 95.5 Å². The van der Waals surface area contributed by atoms with Crippen molar-refractivity contribution >= 4 is 15.9 Å². The van der Waals surface area contributed by atoms with Crippen LogP contribution in [-0.2, 0) is 16.3 Å². The Kier molecular flexibility index (Phi) is 7.18. The second-order valence-corrected chi connectivity index (χ2v) is 7.18. The van der Waals surface area contributed by atoms with E-state index in [4.69, 9.17) is 0 Å². The van der Waals surface area contributed by atoms with E-state index in [0.717, 1.165) is 5.56 Å². The lowest BCUT2D eigenvalue weighted by atomic mass is 10.1. The lowest BCUT2D eigenvalue weighted by molar-refractivity contribution is 0.216. The summed E-state index contributed by atoms with van der Waals surface area (Å²) in [7, 11) is -3.09. The highest BCUT2D eigenvalue weighted by molar-refractivity contribution is 7.91. The Morgan fingerprint density at radius 1 is 1.29 bits per heavy atom. The standard InChI is InChI=1S/C14H22N2O4S/c1-2-21(19,20)9-8-15-14(18)16-13(11-17)10-12-6-4-3-5-7-12/h3-7,13,17H,2,8-11H2,1H3,(H2,15,16,18)/t13-/m1/s1. The SMILES string of the molecule is CCS(=O)(=O)CCNC(=O)N[C@@H](CO)Cc1ccccc1. The van der Waals surface area contributed by atoms with Gasteiger partial charge < -0.3 is 15.7 Å². The molecule has 7 heteroatoms. The van der Waals surface area contributed by atoms with Crippen LogP contribution in [0.25, 0.3) is 0 Å². The first-order valence-corrected chi connectivity index (χ1v) is 8.68. The van der Waals surface area contributed by atoms with Crippen molar-refractivity contribution < 1.29 is 18.3 Å². The molecule has 0 aliphatic heterocycles. The number of hydrogen-bond acceptors (Lipinski definition) is 4. The molecule has 0 fully saturated rings. The van der Waals surface area contributed by atoms with Crippen LogP contribution in [0.5, 0.6) is 0 Å². The zero-order valence-corrected chi connectivity index (χ0v) is 12.9. The molecule has 0 aliphatic rings. The van der Waals surface area contributed by atoms with Crippen molar-refractivity contribution in [2.45, 2.75) is 19.4 Å². The number of benzene rings is 1. The monoisotopic (exact) mass is 314 g/mol. The Hall–Kier alpha value is -1.60. The summed E-state index contributed by atoms with van der Waals surface area (Å²) in [6.07, 6.45) is 0.512. The fraction of sp³-hybridized carbons (Fsp3) is 0.500. The van der Waals surface area contributed by atoms with Gasteiger partial charge in [-0.3, -0.25) is 0 Å². The summed E-state index contributed by atoms with van der Waals surface area (Å²) in [5, 5.41) is 14.4.